The quantitative estimate of drug-likeness (QED) is 0.237. The molecule has 1 fully saturated rings. The van der Waals surface area contributed by atoms with Gasteiger partial charge in [0.25, 0.3) is 0 Å². The van der Waals surface area contributed by atoms with Crippen LogP contribution >= 0.6 is 0 Å². The van der Waals surface area contributed by atoms with E-state index in [0.717, 1.165) is 0 Å². The van der Waals surface area contributed by atoms with Crippen molar-refractivity contribution in [3.05, 3.63) is 71.8 Å². The van der Waals surface area contributed by atoms with Crippen molar-refractivity contribution in [1.29, 1.82) is 0 Å². The molecule has 0 amide bonds. The minimum Gasteiger partial charge on any atom is -0.465 e. The van der Waals surface area contributed by atoms with Gasteiger partial charge >= 0.3 is 17.9 Å². The van der Waals surface area contributed by atoms with Crippen LogP contribution in [0.1, 0.15) is 55.3 Å². The fourth-order valence-electron chi connectivity index (χ4n) is 3.86. The average molecular weight is 543 g/mol. The van der Waals surface area contributed by atoms with Gasteiger partial charge in [0, 0.05) is 0 Å². The van der Waals surface area contributed by atoms with Gasteiger partial charge in [-0.3, -0.25) is 4.79 Å². The van der Waals surface area contributed by atoms with Gasteiger partial charge in [-0.1, -0.05) is 57.2 Å². The van der Waals surface area contributed by atoms with Crippen molar-refractivity contribution in [2.75, 3.05) is 13.2 Å². The summed E-state index contributed by atoms with van der Waals surface area (Å²) in [5.41, 5.74) is -0.930. The minimum absolute atomic E-state index is 0.0323. The van der Waals surface area contributed by atoms with E-state index in [4.69, 9.17) is 23.4 Å². The first kappa shape index (κ1) is 29.5. The van der Waals surface area contributed by atoms with Gasteiger partial charge in [-0.2, -0.15) is 0 Å². The van der Waals surface area contributed by atoms with Gasteiger partial charge in [-0.15, -0.1) is 0 Å². The third-order valence-corrected chi connectivity index (χ3v) is 11.9. The Morgan fingerprint density at radius 2 is 1.39 bits per heavy atom. The maximum atomic E-state index is 13.5. The lowest BCUT2D eigenvalue weighted by molar-refractivity contribution is -0.163. The van der Waals surface area contributed by atoms with Gasteiger partial charge in [-0.25, -0.2) is 9.59 Å². The fourth-order valence-corrected chi connectivity index (χ4v) is 4.86. The lowest BCUT2D eigenvalue weighted by Gasteiger charge is -2.38. The number of hydrogen-bond acceptors (Lipinski definition) is 8. The van der Waals surface area contributed by atoms with E-state index < -0.39 is 50.1 Å². The number of ether oxygens (including phenoxy) is 4. The smallest absolute Gasteiger partial charge is 0.340 e. The van der Waals surface area contributed by atoms with Crippen molar-refractivity contribution in [2.45, 2.75) is 71.2 Å². The van der Waals surface area contributed by atoms with E-state index in [9.17, 15) is 14.4 Å². The topological polar surface area (TPSA) is 97.4 Å². The van der Waals surface area contributed by atoms with Gasteiger partial charge in [0.05, 0.1) is 24.3 Å². The van der Waals surface area contributed by atoms with Crippen LogP contribution in [0.3, 0.4) is 0 Å². The molecule has 206 valence electrons. The Balaban J connectivity index is 1.99. The van der Waals surface area contributed by atoms with Crippen LogP contribution in [0.5, 0.6) is 0 Å². The molecule has 0 saturated carbocycles. The average Bonchev–Trinajstić information content (AvgIpc) is 3.14. The number of benzene rings is 2. The van der Waals surface area contributed by atoms with Crippen molar-refractivity contribution < 1.29 is 37.8 Å². The second kappa shape index (κ2) is 11.8. The maximum Gasteiger partial charge on any atom is 0.340 e. The van der Waals surface area contributed by atoms with Crippen LogP contribution < -0.4 is 0 Å². The standard InChI is InChI=1S/C29H38O8Si/c1-8-33-27(32)29(5)22(19-34-38(6,7)28(2,3)4)35-26(37-25(31)21-17-13-10-14-18-21)23(29)36-24(30)20-15-11-9-12-16-20/h9-18,22-23,26H,8,19H2,1-7H3/t22-,23-,26?,29-/m1/s1. The number of esters is 3. The Kier molecular flexibility index (Phi) is 9.17. The molecule has 9 heteroatoms. The molecule has 0 aromatic heterocycles. The van der Waals surface area contributed by atoms with Gasteiger partial charge < -0.3 is 23.4 Å². The van der Waals surface area contributed by atoms with Crippen molar-refractivity contribution in [1.82, 2.24) is 0 Å². The van der Waals surface area contributed by atoms with E-state index in [1.165, 1.54) is 0 Å². The third-order valence-electron chi connectivity index (χ3n) is 7.40. The van der Waals surface area contributed by atoms with Crippen molar-refractivity contribution in [2.24, 2.45) is 5.41 Å². The summed E-state index contributed by atoms with van der Waals surface area (Å²) in [6.07, 6.45) is -3.55. The molecule has 0 aliphatic carbocycles. The fraction of sp³-hybridized carbons (Fsp3) is 0.483. The molecule has 8 nitrogen and oxygen atoms in total. The van der Waals surface area contributed by atoms with Crippen molar-refractivity contribution in [3.63, 3.8) is 0 Å². The first-order valence-electron chi connectivity index (χ1n) is 12.8. The summed E-state index contributed by atoms with van der Waals surface area (Å²) in [7, 11) is -2.25. The van der Waals surface area contributed by atoms with Crippen LogP contribution in [0.2, 0.25) is 18.1 Å². The van der Waals surface area contributed by atoms with Gasteiger partial charge in [0.1, 0.15) is 11.5 Å². The van der Waals surface area contributed by atoms with Crippen LogP contribution in [0.4, 0.5) is 0 Å². The molecule has 38 heavy (non-hydrogen) atoms. The van der Waals surface area contributed by atoms with Gasteiger partial charge in [0.15, 0.2) is 14.4 Å². The van der Waals surface area contributed by atoms with Crippen LogP contribution in [0, 0.1) is 5.41 Å². The number of rotatable bonds is 9. The summed E-state index contributed by atoms with van der Waals surface area (Å²) >= 11 is 0. The Labute approximate surface area is 225 Å². The van der Waals surface area contributed by atoms with Crippen molar-refractivity contribution >= 4 is 26.2 Å². The highest BCUT2D eigenvalue weighted by Gasteiger charge is 2.63. The van der Waals surface area contributed by atoms with E-state index in [2.05, 4.69) is 33.9 Å². The van der Waals surface area contributed by atoms with Crippen LogP contribution in [0.25, 0.3) is 0 Å². The van der Waals surface area contributed by atoms with E-state index in [-0.39, 0.29) is 23.8 Å². The van der Waals surface area contributed by atoms with E-state index in [1.807, 2.05) is 0 Å². The summed E-state index contributed by atoms with van der Waals surface area (Å²) in [4.78, 5) is 39.6. The highest BCUT2D eigenvalue weighted by molar-refractivity contribution is 6.74. The van der Waals surface area contributed by atoms with Crippen LogP contribution in [0.15, 0.2) is 60.7 Å². The lowest BCUT2D eigenvalue weighted by atomic mass is 9.80. The first-order chi connectivity index (χ1) is 17.8. The molecule has 3 rings (SSSR count). The molecule has 1 heterocycles. The molecule has 4 atom stereocenters. The van der Waals surface area contributed by atoms with E-state index in [0.29, 0.717) is 5.56 Å². The largest absolute Gasteiger partial charge is 0.465 e. The van der Waals surface area contributed by atoms with Gasteiger partial charge in [-0.05, 0) is 56.2 Å². The Hall–Kier alpha value is -3.01. The summed E-state index contributed by atoms with van der Waals surface area (Å²) < 4.78 is 29.6. The molecule has 0 spiro atoms. The monoisotopic (exact) mass is 542 g/mol. The Morgan fingerprint density at radius 3 is 1.87 bits per heavy atom. The third kappa shape index (κ3) is 6.34. The summed E-state index contributed by atoms with van der Waals surface area (Å²) in [5, 5.41) is -0.0930. The molecule has 0 N–H and O–H groups in total. The second-order valence-corrected chi connectivity index (χ2v) is 15.8. The minimum atomic E-state index is -2.25. The molecule has 1 unspecified atom stereocenters. The zero-order chi connectivity index (χ0) is 28.1. The lowest BCUT2D eigenvalue weighted by Crippen LogP contribution is -2.51. The Morgan fingerprint density at radius 1 is 0.895 bits per heavy atom. The van der Waals surface area contributed by atoms with Crippen LogP contribution in [-0.2, 0) is 28.2 Å². The SMILES string of the molecule is CCOC(=O)[C@@]1(C)[C@H](OC(=O)c2ccccc2)C(OC(=O)c2ccccc2)O[C@@H]1CO[Si](C)(C)C(C)(C)C. The van der Waals surface area contributed by atoms with E-state index >= 15 is 0 Å². The van der Waals surface area contributed by atoms with Gasteiger partial charge in [0.2, 0.25) is 6.29 Å². The normalized spacial score (nSPS) is 23.5. The summed E-state index contributed by atoms with van der Waals surface area (Å²) in [6, 6.07) is 16.8. The Bertz CT molecular complexity index is 1110. The molecule has 1 saturated heterocycles. The summed E-state index contributed by atoms with van der Waals surface area (Å²) in [5.74, 6) is -1.98. The van der Waals surface area contributed by atoms with E-state index in [1.54, 1.807) is 74.5 Å². The first-order valence-corrected chi connectivity index (χ1v) is 15.7. The maximum absolute atomic E-state index is 13.5. The molecule has 0 bridgehead atoms. The molecule has 0 radical (unpaired) electrons. The molecular formula is C29H38O8Si. The molecule has 1 aliphatic heterocycles. The molecule has 2 aromatic rings. The zero-order valence-electron chi connectivity index (χ0n) is 23.2. The predicted octanol–water partition coefficient (Wildman–Crippen LogP) is 5.39. The molecular weight excluding hydrogens is 504 g/mol. The zero-order valence-corrected chi connectivity index (χ0v) is 24.2. The van der Waals surface area contributed by atoms with Crippen LogP contribution in [-0.4, -0.2) is 57.9 Å². The predicted molar refractivity (Wildman–Crippen MR) is 144 cm³/mol. The molecule has 2 aromatic carbocycles. The number of carbonyl (C=O) groups excluding carboxylic acids is 3. The highest BCUT2D eigenvalue weighted by atomic mass is 28.4. The summed E-state index contributed by atoms with van der Waals surface area (Å²) in [6.45, 7) is 13.9. The number of carbonyl (C=O) groups is 3. The second-order valence-electron chi connectivity index (χ2n) is 11.0. The molecule has 1 aliphatic rings. The van der Waals surface area contributed by atoms with Crippen molar-refractivity contribution in [3.8, 4) is 0 Å². The number of hydrogen-bond donors (Lipinski definition) is 0. The highest BCUT2D eigenvalue weighted by Crippen LogP contribution is 2.45.